The highest BCUT2D eigenvalue weighted by Gasteiger charge is 2.36. The third-order valence-corrected chi connectivity index (χ3v) is 9.00. The highest BCUT2D eigenvalue weighted by Crippen LogP contribution is 2.24. The summed E-state index contributed by atoms with van der Waals surface area (Å²) in [6.45, 7) is 2.48. The summed E-state index contributed by atoms with van der Waals surface area (Å²) in [5.74, 6) is -3.85. The van der Waals surface area contributed by atoms with Gasteiger partial charge in [0.15, 0.2) is 12.3 Å². The molecule has 0 bridgehead atoms. The van der Waals surface area contributed by atoms with Crippen molar-refractivity contribution in [1.29, 1.82) is 0 Å². The van der Waals surface area contributed by atoms with Gasteiger partial charge in [0.2, 0.25) is 17.7 Å². The summed E-state index contributed by atoms with van der Waals surface area (Å²) >= 11 is 0. The van der Waals surface area contributed by atoms with Crippen molar-refractivity contribution >= 4 is 35.7 Å². The monoisotopic (exact) mass is 699 g/mol. The van der Waals surface area contributed by atoms with Crippen molar-refractivity contribution in [3.63, 3.8) is 0 Å². The molecule has 1 aromatic carbocycles. The number of likely N-dealkylation sites (tertiary alicyclic amines) is 1. The number of carbonyl (C=O) groups excluding carboxylic acids is 5. The van der Waals surface area contributed by atoms with Gasteiger partial charge in [-0.2, -0.15) is 5.10 Å². The average molecular weight is 700 g/mol. The SMILES string of the molecule is CCOC(=O)N1CCN(C(=O)C(CCC(=O)O)NC(=O)c2cc(OCC(=O)N3CCCC3C(=O)NC3CCC3)n(-c3cccc(F)c3)n2)CC1. The highest BCUT2D eigenvalue weighted by molar-refractivity contribution is 5.96. The number of benzene rings is 1. The largest absolute Gasteiger partial charge is 0.481 e. The zero-order valence-electron chi connectivity index (χ0n) is 27.8. The van der Waals surface area contributed by atoms with Gasteiger partial charge in [-0.1, -0.05) is 6.07 Å². The molecule has 16 nitrogen and oxygen atoms in total. The maximum Gasteiger partial charge on any atom is 0.409 e. The minimum Gasteiger partial charge on any atom is -0.481 e. The molecule has 2 saturated heterocycles. The molecule has 50 heavy (non-hydrogen) atoms. The van der Waals surface area contributed by atoms with Crippen molar-refractivity contribution in [3.05, 3.63) is 41.8 Å². The summed E-state index contributed by atoms with van der Waals surface area (Å²) in [5.41, 5.74) is -0.0562. The van der Waals surface area contributed by atoms with Crippen LogP contribution < -0.4 is 15.4 Å². The third kappa shape index (κ3) is 8.87. The Balaban J connectivity index is 1.29. The van der Waals surface area contributed by atoms with Crippen molar-refractivity contribution in [1.82, 2.24) is 35.1 Å². The molecule has 0 radical (unpaired) electrons. The fourth-order valence-corrected chi connectivity index (χ4v) is 6.08. The number of aliphatic carboxylic acids is 1. The zero-order valence-corrected chi connectivity index (χ0v) is 27.8. The van der Waals surface area contributed by atoms with E-state index in [1.165, 1.54) is 39.0 Å². The number of piperazine rings is 1. The van der Waals surface area contributed by atoms with E-state index in [4.69, 9.17) is 9.47 Å². The van der Waals surface area contributed by atoms with Crippen LogP contribution >= 0.6 is 0 Å². The van der Waals surface area contributed by atoms with Crippen molar-refractivity contribution in [2.45, 2.75) is 70.0 Å². The van der Waals surface area contributed by atoms with Crippen LogP contribution in [0.2, 0.25) is 0 Å². The molecular weight excluding hydrogens is 657 g/mol. The van der Waals surface area contributed by atoms with Crippen LogP contribution in [0.25, 0.3) is 5.69 Å². The second-order valence-corrected chi connectivity index (χ2v) is 12.4. The van der Waals surface area contributed by atoms with E-state index >= 15 is 0 Å². The van der Waals surface area contributed by atoms with E-state index in [-0.39, 0.29) is 68.4 Å². The Hall–Kier alpha value is -5.22. The Morgan fingerprint density at radius 1 is 1.00 bits per heavy atom. The molecule has 17 heteroatoms. The van der Waals surface area contributed by atoms with E-state index in [2.05, 4.69) is 15.7 Å². The van der Waals surface area contributed by atoms with Crippen LogP contribution in [-0.4, -0.2) is 129 Å². The Morgan fingerprint density at radius 2 is 1.74 bits per heavy atom. The Bertz CT molecular complexity index is 1590. The predicted molar refractivity (Wildman–Crippen MR) is 173 cm³/mol. The average Bonchev–Trinajstić information content (AvgIpc) is 3.75. The van der Waals surface area contributed by atoms with Crippen LogP contribution in [0.15, 0.2) is 30.3 Å². The molecule has 2 aromatic rings. The Kier molecular flexibility index (Phi) is 11.9. The fourth-order valence-electron chi connectivity index (χ4n) is 6.08. The number of nitrogens with zero attached hydrogens (tertiary/aromatic N) is 5. The number of carboxylic acids is 1. The van der Waals surface area contributed by atoms with E-state index in [0.717, 1.165) is 30.0 Å². The van der Waals surface area contributed by atoms with Gasteiger partial charge in [0.1, 0.15) is 17.9 Å². The van der Waals surface area contributed by atoms with Gasteiger partial charge in [-0.15, -0.1) is 0 Å². The number of nitrogens with one attached hydrogen (secondary N) is 2. The predicted octanol–water partition coefficient (Wildman–Crippen LogP) is 1.31. The van der Waals surface area contributed by atoms with Crippen LogP contribution in [0.3, 0.4) is 0 Å². The lowest BCUT2D eigenvalue weighted by Crippen LogP contribution is -2.56. The number of carbonyl (C=O) groups is 6. The molecule has 3 heterocycles. The quantitative estimate of drug-likeness (QED) is 0.275. The fraction of sp³-hybridized carbons (Fsp3) is 0.545. The molecule has 2 aliphatic heterocycles. The lowest BCUT2D eigenvalue weighted by molar-refractivity contribution is -0.140. The van der Waals surface area contributed by atoms with Gasteiger partial charge < -0.3 is 39.9 Å². The number of carboxylic acid groups (broad SMARTS) is 1. The number of halogens is 1. The molecule has 2 atom stereocenters. The van der Waals surface area contributed by atoms with Crippen LogP contribution in [0.4, 0.5) is 9.18 Å². The van der Waals surface area contributed by atoms with E-state index < -0.39 is 60.7 Å². The second-order valence-electron chi connectivity index (χ2n) is 12.4. The van der Waals surface area contributed by atoms with Crippen molar-refractivity contribution < 1.29 is 47.7 Å². The van der Waals surface area contributed by atoms with Gasteiger partial charge in [-0.3, -0.25) is 24.0 Å². The summed E-state index contributed by atoms with van der Waals surface area (Å²) in [7, 11) is 0. The smallest absolute Gasteiger partial charge is 0.409 e. The summed E-state index contributed by atoms with van der Waals surface area (Å²) in [4.78, 5) is 81.0. The van der Waals surface area contributed by atoms with Crippen LogP contribution in [0.5, 0.6) is 5.88 Å². The maximum absolute atomic E-state index is 14.2. The number of aromatic nitrogens is 2. The molecule has 3 N–H and O–H groups in total. The van der Waals surface area contributed by atoms with Gasteiger partial charge >= 0.3 is 12.1 Å². The molecule has 1 saturated carbocycles. The summed E-state index contributed by atoms with van der Waals surface area (Å²) in [6, 6.07) is 4.82. The minimum absolute atomic E-state index is 0.0766. The molecule has 5 rings (SSSR count). The molecule has 270 valence electrons. The van der Waals surface area contributed by atoms with Crippen LogP contribution in [-0.2, 0) is 23.9 Å². The van der Waals surface area contributed by atoms with Gasteiger partial charge in [0, 0.05) is 51.3 Å². The maximum atomic E-state index is 14.2. The van der Waals surface area contributed by atoms with Crippen LogP contribution in [0.1, 0.15) is 62.4 Å². The molecule has 1 aliphatic carbocycles. The van der Waals surface area contributed by atoms with E-state index in [1.54, 1.807) is 6.92 Å². The van der Waals surface area contributed by atoms with Crippen molar-refractivity contribution in [2.24, 2.45) is 0 Å². The number of ether oxygens (including phenoxy) is 2. The van der Waals surface area contributed by atoms with E-state index in [1.807, 2.05) is 0 Å². The first-order valence-corrected chi connectivity index (χ1v) is 16.9. The van der Waals surface area contributed by atoms with Crippen LogP contribution in [0, 0.1) is 5.82 Å². The lowest BCUT2D eigenvalue weighted by atomic mass is 9.93. The molecule has 0 spiro atoms. The molecular formula is C33H42FN7O9. The first kappa shape index (κ1) is 36.1. The zero-order chi connectivity index (χ0) is 35.8. The topological polar surface area (TPSA) is 193 Å². The molecule has 2 unspecified atom stereocenters. The first-order chi connectivity index (χ1) is 24.0. The van der Waals surface area contributed by atoms with Gasteiger partial charge in [0.05, 0.1) is 12.3 Å². The molecule has 3 aliphatic rings. The van der Waals surface area contributed by atoms with Gasteiger partial charge in [-0.05, 0) is 63.6 Å². The number of amides is 5. The highest BCUT2D eigenvalue weighted by atomic mass is 19.1. The lowest BCUT2D eigenvalue weighted by Gasteiger charge is -2.35. The Labute approximate surface area is 287 Å². The summed E-state index contributed by atoms with van der Waals surface area (Å²) < 4.78 is 26.2. The molecule has 1 aromatic heterocycles. The third-order valence-electron chi connectivity index (χ3n) is 9.00. The first-order valence-electron chi connectivity index (χ1n) is 16.9. The summed E-state index contributed by atoms with van der Waals surface area (Å²) in [5, 5.41) is 19.2. The van der Waals surface area contributed by atoms with Crippen molar-refractivity contribution in [2.75, 3.05) is 45.9 Å². The Morgan fingerprint density at radius 3 is 2.40 bits per heavy atom. The molecule has 5 amide bonds. The number of hydrogen-bond acceptors (Lipinski definition) is 9. The number of rotatable bonds is 13. The normalized spacial score (nSPS) is 18.2. The van der Waals surface area contributed by atoms with Gasteiger partial charge in [-0.25, -0.2) is 13.9 Å². The van der Waals surface area contributed by atoms with E-state index in [9.17, 15) is 38.3 Å². The van der Waals surface area contributed by atoms with E-state index in [0.29, 0.717) is 19.4 Å². The molecule has 3 fully saturated rings. The second kappa shape index (κ2) is 16.5. The standard InChI is InChI=1S/C33H42FN7O9/c1-2-49-33(48)39-16-14-38(15-17-39)32(47)24(11-12-29(43)44)36-30(45)25-19-28(41(37-25)23-9-3-6-21(34)18-23)50-20-27(42)40-13-5-10-26(40)31(46)35-22-7-4-8-22/h3,6,9,18-19,22,24,26H,2,4-5,7-8,10-17,20H2,1H3,(H,35,46)(H,36,45)(H,43,44). The van der Waals surface area contributed by atoms with Gasteiger partial charge in [0.25, 0.3) is 11.8 Å². The van der Waals surface area contributed by atoms with Crippen molar-refractivity contribution in [3.8, 4) is 11.6 Å². The minimum atomic E-state index is -1.24. The number of hydrogen-bond donors (Lipinski definition) is 3. The summed E-state index contributed by atoms with van der Waals surface area (Å²) in [6.07, 6.45) is 2.94.